The van der Waals surface area contributed by atoms with Gasteiger partial charge in [-0.05, 0) is 83.5 Å². The molecule has 3 N–H and O–H groups in total. The molecule has 0 saturated carbocycles. The van der Waals surface area contributed by atoms with Gasteiger partial charge in [-0.25, -0.2) is 0 Å². The van der Waals surface area contributed by atoms with Crippen LogP contribution < -0.4 is 5.32 Å². The minimum Gasteiger partial charge on any atom is -0.394 e. The van der Waals surface area contributed by atoms with Gasteiger partial charge in [0.15, 0.2) is 0 Å². The zero-order valence-corrected chi connectivity index (χ0v) is 51.9. The molecule has 0 aromatic carbocycles. The number of rotatable bonds is 62. The highest BCUT2D eigenvalue weighted by atomic mass is 16.3. The molecule has 0 aliphatic rings. The normalized spacial score (nSPS) is 13.4. The van der Waals surface area contributed by atoms with Crippen LogP contribution in [0.15, 0.2) is 109 Å². The average molecular weight is 1080 g/mol. The summed E-state index contributed by atoms with van der Waals surface area (Å²) in [4.78, 5) is 12.5. The van der Waals surface area contributed by atoms with Gasteiger partial charge in [0.1, 0.15) is 0 Å². The molecule has 1 amide bonds. The number of carbonyl (C=O) groups is 1. The second-order valence-corrected chi connectivity index (χ2v) is 22.9. The summed E-state index contributed by atoms with van der Waals surface area (Å²) in [7, 11) is 0. The van der Waals surface area contributed by atoms with Crippen molar-refractivity contribution in [1.82, 2.24) is 5.32 Å². The minimum atomic E-state index is -0.850. The molecule has 0 spiro atoms. The molecule has 0 aromatic rings. The highest BCUT2D eigenvalue weighted by Crippen LogP contribution is 2.18. The van der Waals surface area contributed by atoms with Gasteiger partial charge in [0, 0.05) is 6.42 Å². The molecule has 4 nitrogen and oxygen atoms in total. The lowest BCUT2D eigenvalue weighted by Crippen LogP contribution is -2.45. The van der Waals surface area contributed by atoms with E-state index in [0.717, 1.165) is 77.0 Å². The van der Waals surface area contributed by atoms with Gasteiger partial charge in [-0.15, -0.1) is 0 Å². The molecule has 2 atom stereocenters. The van der Waals surface area contributed by atoms with Gasteiger partial charge >= 0.3 is 0 Å². The third-order valence-electron chi connectivity index (χ3n) is 15.3. The molecule has 450 valence electrons. The maximum atomic E-state index is 12.5. The lowest BCUT2D eigenvalue weighted by molar-refractivity contribution is -0.123. The molecule has 0 saturated heterocycles. The number of allylic oxidation sites excluding steroid dienone is 17. The second kappa shape index (κ2) is 68.3. The van der Waals surface area contributed by atoms with Crippen molar-refractivity contribution >= 4 is 5.91 Å². The first-order valence-electron chi connectivity index (χ1n) is 34.1. The zero-order chi connectivity index (χ0) is 56.2. The highest BCUT2D eigenvalue weighted by Gasteiger charge is 2.18. The second-order valence-electron chi connectivity index (χ2n) is 22.9. The van der Waals surface area contributed by atoms with Gasteiger partial charge in [0.05, 0.1) is 18.8 Å². The Hall–Kier alpha value is -2.95. The number of aliphatic hydroxyl groups is 2. The van der Waals surface area contributed by atoms with E-state index in [4.69, 9.17) is 0 Å². The monoisotopic (exact) mass is 1080 g/mol. The predicted molar refractivity (Wildman–Crippen MR) is 349 cm³/mol. The molecule has 0 radical (unpaired) electrons. The fourth-order valence-corrected chi connectivity index (χ4v) is 10.1. The molecular weight excluding hydrogens is 951 g/mol. The molecule has 0 heterocycles. The molecular formula is C74H131NO3. The molecule has 0 aromatic heterocycles. The van der Waals surface area contributed by atoms with Crippen molar-refractivity contribution in [2.75, 3.05) is 6.61 Å². The Morgan fingerprint density at radius 2 is 0.564 bits per heavy atom. The number of unbranched alkanes of at least 4 members (excludes halogenated alkanes) is 39. The van der Waals surface area contributed by atoms with E-state index in [9.17, 15) is 15.0 Å². The lowest BCUT2D eigenvalue weighted by atomic mass is 10.0. The first-order valence-corrected chi connectivity index (χ1v) is 34.1. The summed E-state index contributed by atoms with van der Waals surface area (Å²) in [5.74, 6) is -0.0689. The first kappa shape index (κ1) is 75.0. The molecule has 4 heteroatoms. The third-order valence-corrected chi connectivity index (χ3v) is 15.3. The van der Waals surface area contributed by atoms with E-state index in [2.05, 4.69) is 116 Å². The Bertz CT molecular complexity index is 1460. The topological polar surface area (TPSA) is 69.6 Å². The SMILES string of the molecule is CC/C=C\C/C=C\C/C=C\C/C=C\C/C=C\C/C=C\C/C=C\C/C=C\CCCCCCCCCCCCC(=O)NC(CO)C(O)/C=C/CCCCCCCCCCCCCCCCCCCCCCCCCCCCCCC. The van der Waals surface area contributed by atoms with Crippen molar-refractivity contribution < 1.29 is 15.0 Å². The molecule has 0 bridgehead atoms. The quantitative estimate of drug-likeness (QED) is 0.0420. The van der Waals surface area contributed by atoms with Gasteiger partial charge in [0.2, 0.25) is 5.91 Å². The van der Waals surface area contributed by atoms with E-state index in [-0.39, 0.29) is 12.5 Å². The Labute approximate surface area is 486 Å². The predicted octanol–water partition coefficient (Wildman–Crippen LogP) is 23.4. The summed E-state index contributed by atoms with van der Waals surface area (Å²) in [6, 6.07) is -0.634. The van der Waals surface area contributed by atoms with Crippen molar-refractivity contribution in [3.05, 3.63) is 109 Å². The van der Waals surface area contributed by atoms with Crippen LogP contribution in [0.3, 0.4) is 0 Å². The maximum absolute atomic E-state index is 12.5. The summed E-state index contributed by atoms with van der Waals surface area (Å²) < 4.78 is 0. The van der Waals surface area contributed by atoms with Crippen molar-refractivity contribution in [3.8, 4) is 0 Å². The van der Waals surface area contributed by atoms with E-state index < -0.39 is 12.1 Å². The Kier molecular flexibility index (Phi) is 65.7. The van der Waals surface area contributed by atoms with Crippen LogP contribution in [0.1, 0.15) is 335 Å². The molecule has 0 fully saturated rings. The van der Waals surface area contributed by atoms with Crippen LogP contribution in [-0.4, -0.2) is 34.9 Å². The molecule has 0 aliphatic carbocycles. The van der Waals surface area contributed by atoms with E-state index in [0.29, 0.717) is 6.42 Å². The maximum Gasteiger partial charge on any atom is 0.220 e. The standard InChI is InChI=1S/C74H131NO3/c1-3-5-7-9-11-13-15-17-19-21-23-25-27-29-31-33-35-36-37-38-40-42-44-46-48-50-52-54-56-58-60-62-64-66-68-70-74(78)75-72(71-76)73(77)69-67-65-63-61-59-57-55-53-51-49-47-45-43-41-39-34-32-30-28-26-24-22-20-18-16-14-12-10-8-6-4-2/h5,7,11,13,17,19,23,25,29,31,35-36,38,40,44,46,67,69,72-73,76-77H,3-4,6,8-10,12,14-16,18,20-22,24,26-28,30,32-34,37,39,41-43,45,47-66,68,70-71H2,1-2H3,(H,75,78)/b7-5-,13-11-,19-17-,25-23-,31-29-,36-35-,40-38-,46-44-,69-67+. The number of nitrogens with one attached hydrogen (secondary N) is 1. The van der Waals surface area contributed by atoms with Gasteiger partial charge in [-0.2, -0.15) is 0 Å². The average Bonchev–Trinajstić information content (AvgIpc) is 3.44. The first-order chi connectivity index (χ1) is 38.7. The molecule has 0 aliphatic heterocycles. The van der Waals surface area contributed by atoms with Gasteiger partial charge in [0.25, 0.3) is 0 Å². The van der Waals surface area contributed by atoms with Crippen LogP contribution in [0, 0.1) is 0 Å². The lowest BCUT2D eigenvalue weighted by Gasteiger charge is -2.20. The van der Waals surface area contributed by atoms with Crippen molar-refractivity contribution in [1.29, 1.82) is 0 Å². The molecule has 0 rings (SSSR count). The van der Waals surface area contributed by atoms with Crippen LogP contribution in [0.25, 0.3) is 0 Å². The van der Waals surface area contributed by atoms with Gasteiger partial charge in [-0.3, -0.25) is 4.79 Å². The van der Waals surface area contributed by atoms with E-state index in [1.54, 1.807) is 6.08 Å². The molecule has 78 heavy (non-hydrogen) atoms. The zero-order valence-electron chi connectivity index (χ0n) is 51.9. The highest BCUT2D eigenvalue weighted by molar-refractivity contribution is 5.76. The smallest absolute Gasteiger partial charge is 0.220 e. The van der Waals surface area contributed by atoms with Crippen molar-refractivity contribution in [3.63, 3.8) is 0 Å². The Morgan fingerprint density at radius 1 is 0.321 bits per heavy atom. The fourth-order valence-electron chi connectivity index (χ4n) is 10.1. The summed E-state index contributed by atoms with van der Waals surface area (Å²) in [5.41, 5.74) is 0. The Balaban J connectivity index is 3.53. The summed E-state index contributed by atoms with van der Waals surface area (Å²) in [6.07, 6.45) is 103. The number of aliphatic hydroxyl groups excluding tert-OH is 2. The number of amides is 1. The van der Waals surface area contributed by atoms with Crippen molar-refractivity contribution in [2.24, 2.45) is 0 Å². The van der Waals surface area contributed by atoms with Gasteiger partial charge in [-0.1, -0.05) is 354 Å². The fraction of sp³-hybridized carbons (Fsp3) is 0.743. The van der Waals surface area contributed by atoms with E-state index in [1.807, 2.05) is 6.08 Å². The van der Waals surface area contributed by atoms with Crippen LogP contribution in [0.4, 0.5) is 0 Å². The van der Waals surface area contributed by atoms with Crippen LogP contribution in [-0.2, 0) is 4.79 Å². The van der Waals surface area contributed by atoms with E-state index >= 15 is 0 Å². The summed E-state index contributed by atoms with van der Waals surface area (Å²) in [5, 5.41) is 23.3. The number of carbonyl (C=O) groups excluding carboxylic acids is 1. The molecule has 2 unspecified atom stereocenters. The van der Waals surface area contributed by atoms with Crippen LogP contribution >= 0.6 is 0 Å². The summed E-state index contributed by atoms with van der Waals surface area (Å²) >= 11 is 0. The summed E-state index contributed by atoms with van der Waals surface area (Å²) in [6.45, 7) is 4.22. The number of hydrogen-bond acceptors (Lipinski definition) is 3. The third kappa shape index (κ3) is 63.9. The van der Waals surface area contributed by atoms with Crippen molar-refractivity contribution in [2.45, 2.75) is 347 Å². The largest absolute Gasteiger partial charge is 0.394 e. The minimum absolute atomic E-state index is 0.0689. The number of hydrogen-bond donors (Lipinski definition) is 3. The van der Waals surface area contributed by atoms with Gasteiger partial charge < -0.3 is 15.5 Å². The Morgan fingerprint density at radius 3 is 0.846 bits per heavy atom. The van der Waals surface area contributed by atoms with E-state index in [1.165, 1.54) is 238 Å². The van der Waals surface area contributed by atoms with Crippen LogP contribution in [0.2, 0.25) is 0 Å². The van der Waals surface area contributed by atoms with Crippen LogP contribution in [0.5, 0.6) is 0 Å².